The molecule has 0 saturated carbocycles. The average molecular weight is 254 g/mol. The summed E-state index contributed by atoms with van der Waals surface area (Å²) in [6, 6.07) is 7.97. The molecule has 2 unspecified atom stereocenters. The Morgan fingerprint density at radius 3 is 1.75 bits per heavy atom. The highest BCUT2D eigenvalue weighted by Crippen LogP contribution is 2.35. The Morgan fingerprint density at radius 1 is 0.938 bits per heavy atom. The highest BCUT2D eigenvalue weighted by Gasteiger charge is 2.25. The molecule has 16 heavy (non-hydrogen) atoms. The fourth-order valence-electron chi connectivity index (χ4n) is 1.38. The van der Waals surface area contributed by atoms with Crippen LogP contribution in [0.3, 0.4) is 0 Å². The number of rotatable bonds is 6. The van der Waals surface area contributed by atoms with Gasteiger partial charge in [-0.3, -0.25) is 0 Å². The van der Waals surface area contributed by atoms with Crippen LogP contribution < -0.4 is 9.47 Å². The summed E-state index contributed by atoms with van der Waals surface area (Å²) in [6.45, 7) is 1.62. The molecule has 3 rings (SSSR count). The molecule has 2 aliphatic rings. The van der Waals surface area contributed by atoms with E-state index < -0.39 is 0 Å². The SMILES string of the molecule is c1ccc(OCC2CS2)c(OCC2CS2)c1. The first kappa shape index (κ1) is 10.7. The number of para-hydroxylation sites is 2. The van der Waals surface area contributed by atoms with Crippen molar-refractivity contribution in [1.82, 2.24) is 0 Å². The number of thioether (sulfide) groups is 2. The Kier molecular flexibility index (Phi) is 3.20. The molecular formula is C12H14O2S2. The van der Waals surface area contributed by atoms with Gasteiger partial charge < -0.3 is 9.47 Å². The van der Waals surface area contributed by atoms with Crippen molar-refractivity contribution in [3.63, 3.8) is 0 Å². The van der Waals surface area contributed by atoms with Gasteiger partial charge in [0.2, 0.25) is 0 Å². The van der Waals surface area contributed by atoms with Crippen molar-refractivity contribution in [2.24, 2.45) is 0 Å². The quantitative estimate of drug-likeness (QED) is 0.726. The third kappa shape index (κ3) is 3.01. The molecule has 86 valence electrons. The lowest BCUT2D eigenvalue weighted by molar-refractivity contribution is 0.279. The summed E-state index contributed by atoms with van der Waals surface area (Å²) in [5.41, 5.74) is 0. The van der Waals surface area contributed by atoms with E-state index in [2.05, 4.69) is 0 Å². The Bertz CT molecular complexity index is 327. The van der Waals surface area contributed by atoms with Gasteiger partial charge in [-0.05, 0) is 12.1 Å². The molecule has 0 spiro atoms. The predicted octanol–water partition coefficient (Wildman–Crippen LogP) is 2.68. The topological polar surface area (TPSA) is 18.5 Å². The average Bonchev–Trinajstić information content (AvgIpc) is 3.17. The molecule has 0 amide bonds. The van der Waals surface area contributed by atoms with Gasteiger partial charge in [-0.2, -0.15) is 23.5 Å². The van der Waals surface area contributed by atoms with Crippen molar-refractivity contribution in [3.8, 4) is 11.5 Å². The Balaban J connectivity index is 1.58. The van der Waals surface area contributed by atoms with E-state index in [-0.39, 0.29) is 0 Å². The first-order valence-corrected chi connectivity index (χ1v) is 7.59. The van der Waals surface area contributed by atoms with Crippen molar-refractivity contribution >= 4 is 23.5 Å². The first-order chi connectivity index (χ1) is 7.92. The highest BCUT2D eigenvalue weighted by molar-refractivity contribution is 8.07. The zero-order chi connectivity index (χ0) is 10.8. The summed E-state index contributed by atoms with van der Waals surface area (Å²) in [4.78, 5) is 0. The van der Waals surface area contributed by atoms with Crippen molar-refractivity contribution in [2.45, 2.75) is 10.5 Å². The molecule has 2 fully saturated rings. The Labute approximate surface area is 104 Å². The molecule has 2 aliphatic heterocycles. The van der Waals surface area contributed by atoms with E-state index in [0.29, 0.717) is 10.5 Å². The molecule has 0 bridgehead atoms. The number of hydrogen-bond donors (Lipinski definition) is 0. The van der Waals surface area contributed by atoms with Gasteiger partial charge in [-0.25, -0.2) is 0 Å². The maximum Gasteiger partial charge on any atom is 0.161 e. The van der Waals surface area contributed by atoms with Crippen LogP contribution in [0, 0.1) is 0 Å². The summed E-state index contributed by atoms with van der Waals surface area (Å²) in [7, 11) is 0. The first-order valence-electron chi connectivity index (χ1n) is 5.49. The summed E-state index contributed by atoms with van der Waals surface area (Å²) < 4.78 is 11.5. The molecule has 4 heteroatoms. The van der Waals surface area contributed by atoms with E-state index >= 15 is 0 Å². The van der Waals surface area contributed by atoms with E-state index in [1.165, 1.54) is 11.5 Å². The fraction of sp³-hybridized carbons (Fsp3) is 0.500. The number of hydrogen-bond acceptors (Lipinski definition) is 4. The maximum absolute atomic E-state index is 5.76. The lowest BCUT2D eigenvalue weighted by Gasteiger charge is -2.11. The van der Waals surface area contributed by atoms with E-state index in [9.17, 15) is 0 Å². The lowest BCUT2D eigenvalue weighted by atomic mass is 10.3. The van der Waals surface area contributed by atoms with Gasteiger partial charge in [-0.1, -0.05) is 12.1 Å². The molecule has 2 saturated heterocycles. The molecular weight excluding hydrogens is 240 g/mol. The minimum Gasteiger partial charge on any atom is -0.489 e. The van der Waals surface area contributed by atoms with Gasteiger partial charge in [-0.15, -0.1) is 0 Å². The van der Waals surface area contributed by atoms with Crippen LogP contribution in [0.15, 0.2) is 24.3 Å². The fourth-order valence-corrected chi connectivity index (χ4v) is 2.18. The third-order valence-corrected chi connectivity index (χ3v) is 4.38. The van der Waals surface area contributed by atoms with Gasteiger partial charge in [0.1, 0.15) is 13.2 Å². The molecule has 1 aromatic carbocycles. The van der Waals surface area contributed by atoms with Crippen molar-refractivity contribution in [2.75, 3.05) is 24.7 Å². The largest absolute Gasteiger partial charge is 0.489 e. The van der Waals surface area contributed by atoms with E-state index in [0.717, 1.165) is 24.7 Å². The Morgan fingerprint density at radius 2 is 1.38 bits per heavy atom. The highest BCUT2D eigenvalue weighted by atomic mass is 32.2. The second-order valence-corrected chi connectivity index (χ2v) is 6.65. The van der Waals surface area contributed by atoms with Crippen LogP contribution in [0.5, 0.6) is 11.5 Å². The molecule has 2 nitrogen and oxygen atoms in total. The normalized spacial score (nSPS) is 26.2. The number of benzene rings is 1. The van der Waals surface area contributed by atoms with Crippen molar-refractivity contribution in [3.05, 3.63) is 24.3 Å². The lowest BCUT2D eigenvalue weighted by Crippen LogP contribution is -2.07. The van der Waals surface area contributed by atoms with Crippen LogP contribution in [0.2, 0.25) is 0 Å². The van der Waals surface area contributed by atoms with Gasteiger partial charge in [0.15, 0.2) is 11.5 Å². The van der Waals surface area contributed by atoms with E-state index in [1.807, 2.05) is 47.8 Å². The minimum atomic E-state index is 0.701. The molecule has 0 radical (unpaired) electrons. The van der Waals surface area contributed by atoms with Crippen molar-refractivity contribution in [1.29, 1.82) is 0 Å². The molecule has 0 aromatic heterocycles. The number of ether oxygens (including phenoxy) is 2. The van der Waals surface area contributed by atoms with E-state index in [4.69, 9.17) is 9.47 Å². The van der Waals surface area contributed by atoms with Gasteiger partial charge >= 0.3 is 0 Å². The van der Waals surface area contributed by atoms with Gasteiger partial charge in [0.25, 0.3) is 0 Å². The molecule has 2 heterocycles. The summed E-state index contributed by atoms with van der Waals surface area (Å²) in [6.07, 6.45) is 0. The zero-order valence-corrected chi connectivity index (χ0v) is 10.6. The standard InChI is InChI=1S/C12H14O2S2/c1-2-4-12(14-6-10-8-16-10)11(3-1)13-5-9-7-15-9/h1-4,9-10H,5-8H2. The molecule has 0 N–H and O–H groups in total. The maximum atomic E-state index is 5.76. The predicted molar refractivity (Wildman–Crippen MR) is 69.9 cm³/mol. The molecule has 0 aliphatic carbocycles. The van der Waals surface area contributed by atoms with Crippen LogP contribution in [0.1, 0.15) is 0 Å². The van der Waals surface area contributed by atoms with Crippen LogP contribution >= 0.6 is 23.5 Å². The second-order valence-electron chi connectivity index (χ2n) is 3.98. The third-order valence-electron chi connectivity index (χ3n) is 2.50. The minimum absolute atomic E-state index is 0.701. The van der Waals surface area contributed by atoms with Crippen LogP contribution in [0.25, 0.3) is 0 Å². The second kappa shape index (κ2) is 4.80. The van der Waals surface area contributed by atoms with Gasteiger partial charge in [0, 0.05) is 22.0 Å². The Hall–Kier alpha value is -0.480. The monoisotopic (exact) mass is 254 g/mol. The van der Waals surface area contributed by atoms with Crippen LogP contribution in [0.4, 0.5) is 0 Å². The molecule has 2 atom stereocenters. The summed E-state index contributed by atoms with van der Waals surface area (Å²) in [5, 5.41) is 1.40. The van der Waals surface area contributed by atoms with Crippen LogP contribution in [-0.4, -0.2) is 35.2 Å². The zero-order valence-electron chi connectivity index (χ0n) is 8.93. The van der Waals surface area contributed by atoms with Crippen LogP contribution in [-0.2, 0) is 0 Å². The van der Waals surface area contributed by atoms with Crippen molar-refractivity contribution < 1.29 is 9.47 Å². The molecule has 1 aromatic rings. The van der Waals surface area contributed by atoms with E-state index in [1.54, 1.807) is 0 Å². The van der Waals surface area contributed by atoms with Gasteiger partial charge in [0.05, 0.1) is 0 Å². The smallest absolute Gasteiger partial charge is 0.161 e. The summed E-state index contributed by atoms with van der Waals surface area (Å²) >= 11 is 3.90. The summed E-state index contributed by atoms with van der Waals surface area (Å²) in [5.74, 6) is 4.25.